The first kappa shape index (κ1) is 21.7. The normalized spacial score (nSPS) is 19.5. The molecule has 1 saturated carbocycles. The second-order valence-corrected chi connectivity index (χ2v) is 9.30. The van der Waals surface area contributed by atoms with E-state index in [2.05, 4.69) is 25.6 Å². The highest BCUT2D eigenvalue weighted by Gasteiger charge is 2.25. The van der Waals surface area contributed by atoms with E-state index in [-0.39, 0.29) is 6.03 Å². The van der Waals surface area contributed by atoms with E-state index in [0.29, 0.717) is 17.9 Å². The standard InChI is InChI=1S/C25H33N7O/c33-25(29-20-8-2-1-3-9-20)31-16-6-7-19(17-31)12-14-26-24-27-15-13-23(30-24)32-18-28-21-10-4-5-11-22(21)32/h4-5,10-11,13,15,18-20H,1-3,6-9,12,14,16-17H2,(H,29,33)(H,26,27,30). The maximum Gasteiger partial charge on any atom is 0.317 e. The topological polar surface area (TPSA) is 88.0 Å². The van der Waals surface area contributed by atoms with Crippen molar-refractivity contribution in [1.29, 1.82) is 0 Å². The van der Waals surface area contributed by atoms with Crippen LogP contribution in [0.5, 0.6) is 0 Å². The third-order valence-corrected chi connectivity index (χ3v) is 6.92. The van der Waals surface area contributed by atoms with Crippen molar-refractivity contribution in [3.63, 3.8) is 0 Å². The van der Waals surface area contributed by atoms with Gasteiger partial charge in [-0.25, -0.2) is 14.8 Å². The number of fused-ring (bicyclic) bond motifs is 1. The minimum atomic E-state index is 0.128. The van der Waals surface area contributed by atoms with Crippen molar-refractivity contribution in [3.8, 4) is 5.82 Å². The number of nitrogens with one attached hydrogen (secondary N) is 2. The average Bonchev–Trinajstić information content (AvgIpc) is 3.29. The molecule has 2 fully saturated rings. The molecule has 1 aliphatic carbocycles. The molecule has 1 saturated heterocycles. The lowest BCUT2D eigenvalue weighted by atomic mass is 9.94. The molecule has 3 aromatic rings. The van der Waals surface area contributed by atoms with Gasteiger partial charge in [0.25, 0.3) is 0 Å². The number of likely N-dealkylation sites (tertiary alicyclic amines) is 1. The molecule has 174 valence electrons. The number of imidazole rings is 1. The number of benzene rings is 1. The molecule has 8 heteroatoms. The number of nitrogens with zero attached hydrogens (tertiary/aromatic N) is 5. The smallest absolute Gasteiger partial charge is 0.317 e. The second-order valence-electron chi connectivity index (χ2n) is 9.30. The molecule has 1 aromatic carbocycles. The third kappa shape index (κ3) is 5.26. The van der Waals surface area contributed by atoms with Crippen LogP contribution in [-0.4, -0.2) is 56.1 Å². The lowest BCUT2D eigenvalue weighted by Crippen LogP contribution is -2.49. The summed E-state index contributed by atoms with van der Waals surface area (Å²) in [5.74, 6) is 1.92. The predicted octanol–water partition coefficient (Wildman–Crippen LogP) is 4.37. The van der Waals surface area contributed by atoms with E-state index in [4.69, 9.17) is 0 Å². The first-order valence-electron chi connectivity index (χ1n) is 12.3. The van der Waals surface area contributed by atoms with Gasteiger partial charge < -0.3 is 15.5 Å². The van der Waals surface area contributed by atoms with Crippen molar-refractivity contribution in [1.82, 2.24) is 29.7 Å². The summed E-state index contributed by atoms with van der Waals surface area (Å²) in [6.07, 6.45) is 12.8. The Bertz CT molecular complexity index is 1080. The summed E-state index contributed by atoms with van der Waals surface area (Å²) in [6.45, 7) is 2.49. The molecule has 1 unspecified atom stereocenters. The molecule has 2 N–H and O–H groups in total. The number of para-hydroxylation sites is 2. The van der Waals surface area contributed by atoms with Crippen molar-refractivity contribution in [2.24, 2.45) is 5.92 Å². The fourth-order valence-electron chi connectivity index (χ4n) is 5.10. The molecule has 33 heavy (non-hydrogen) atoms. The summed E-state index contributed by atoms with van der Waals surface area (Å²) < 4.78 is 1.98. The maximum atomic E-state index is 12.7. The largest absolute Gasteiger partial charge is 0.354 e. The summed E-state index contributed by atoms with van der Waals surface area (Å²) in [4.78, 5) is 28.3. The van der Waals surface area contributed by atoms with E-state index in [9.17, 15) is 4.79 Å². The molecule has 1 aliphatic heterocycles. The Kier molecular flexibility index (Phi) is 6.69. The van der Waals surface area contributed by atoms with Gasteiger partial charge in [0.2, 0.25) is 5.95 Å². The summed E-state index contributed by atoms with van der Waals surface area (Å²) in [7, 11) is 0. The minimum absolute atomic E-state index is 0.128. The summed E-state index contributed by atoms with van der Waals surface area (Å²) in [6, 6.07) is 10.4. The quantitative estimate of drug-likeness (QED) is 0.586. The summed E-state index contributed by atoms with van der Waals surface area (Å²) in [5.41, 5.74) is 1.97. The van der Waals surface area contributed by atoms with Crippen LogP contribution in [0.25, 0.3) is 16.9 Å². The average molecular weight is 448 g/mol. The van der Waals surface area contributed by atoms with Crippen LogP contribution >= 0.6 is 0 Å². The van der Waals surface area contributed by atoms with Crippen molar-refractivity contribution in [2.75, 3.05) is 25.0 Å². The number of aromatic nitrogens is 4. The highest BCUT2D eigenvalue weighted by Crippen LogP contribution is 2.22. The molecule has 5 rings (SSSR count). The number of carbonyl (C=O) groups excluding carboxylic acids is 1. The van der Waals surface area contributed by atoms with Gasteiger partial charge in [0.15, 0.2) is 0 Å². The van der Waals surface area contributed by atoms with Gasteiger partial charge in [-0.3, -0.25) is 4.57 Å². The number of rotatable bonds is 6. The first-order chi connectivity index (χ1) is 16.3. The SMILES string of the molecule is O=C(NC1CCCCC1)N1CCCC(CCNc2nccc(-n3cnc4ccccc43)n2)C1. The van der Waals surface area contributed by atoms with E-state index in [1.165, 1.54) is 19.3 Å². The number of anilines is 1. The van der Waals surface area contributed by atoms with Crippen molar-refractivity contribution >= 4 is 23.0 Å². The van der Waals surface area contributed by atoms with Gasteiger partial charge in [0.1, 0.15) is 12.1 Å². The van der Waals surface area contributed by atoms with E-state index in [1.807, 2.05) is 39.8 Å². The van der Waals surface area contributed by atoms with Crippen LogP contribution in [0, 0.1) is 5.92 Å². The zero-order chi connectivity index (χ0) is 22.5. The summed E-state index contributed by atoms with van der Waals surface area (Å²) in [5, 5.41) is 6.64. The summed E-state index contributed by atoms with van der Waals surface area (Å²) >= 11 is 0. The highest BCUT2D eigenvalue weighted by molar-refractivity contribution is 5.76. The predicted molar refractivity (Wildman–Crippen MR) is 129 cm³/mol. The van der Waals surface area contributed by atoms with E-state index >= 15 is 0 Å². The molecule has 1 atom stereocenters. The fourth-order valence-corrected chi connectivity index (χ4v) is 5.10. The van der Waals surface area contributed by atoms with Crippen LogP contribution in [-0.2, 0) is 0 Å². The van der Waals surface area contributed by atoms with E-state index < -0.39 is 0 Å². The van der Waals surface area contributed by atoms with Gasteiger partial charge in [0, 0.05) is 31.9 Å². The lowest BCUT2D eigenvalue weighted by molar-refractivity contribution is 0.158. The van der Waals surface area contributed by atoms with Gasteiger partial charge >= 0.3 is 6.03 Å². The Morgan fingerprint density at radius 3 is 2.82 bits per heavy atom. The van der Waals surface area contributed by atoms with Crippen LogP contribution < -0.4 is 10.6 Å². The molecule has 3 heterocycles. The maximum absolute atomic E-state index is 12.7. The molecule has 0 radical (unpaired) electrons. The minimum Gasteiger partial charge on any atom is -0.354 e. The number of piperidine rings is 1. The van der Waals surface area contributed by atoms with Gasteiger partial charge in [0.05, 0.1) is 11.0 Å². The Hall–Kier alpha value is -3.16. The molecule has 2 aromatic heterocycles. The van der Waals surface area contributed by atoms with Crippen LogP contribution in [0.1, 0.15) is 51.4 Å². The van der Waals surface area contributed by atoms with Gasteiger partial charge in [-0.2, -0.15) is 4.98 Å². The van der Waals surface area contributed by atoms with E-state index in [0.717, 1.165) is 68.6 Å². The number of amides is 2. The number of urea groups is 1. The Balaban J connectivity index is 1.13. The van der Waals surface area contributed by atoms with Gasteiger partial charge in [-0.1, -0.05) is 31.4 Å². The molecule has 2 aliphatic rings. The number of hydrogen-bond acceptors (Lipinski definition) is 5. The Morgan fingerprint density at radius 2 is 1.91 bits per heavy atom. The fraction of sp³-hybridized carbons (Fsp3) is 0.520. The van der Waals surface area contributed by atoms with E-state index in [1.54, 1.807) is 12.5 Å². The zero-order valence-corrected chi connectivity index (χ0v) is 19.1. The van der Waals surface area contributed by atoms with Gasteiger partial charge in [-0.05, 0) is 56.2 Å². The second kappa shape index (κ2) is 10.2. The first-order valence-corrected chi connectivity index (χ1v) is 12.3. The van der Waals surface area contributed by atoms with Crippen LogP contribution in [0.4, 0.5) is 10.7 Å². The molecule has 0 spiro atoms. The zero-order valence-electron chi connectivity index (χ0n) is 19.1. The number of hydrogen-bond donors (Lipinski definition) is 2. The molecular formula is C25H33N7O. The molecule has 0 bridgehead atoms. The van der Waals surface area contributed by atoms with Crippen molar-refractivity contribution in [3.05, 3.63) is 42.9 Å². The molecule has 8 nitrogen and oxygen atoms in total. The third-order valence-electron chi connectivity index (χ3n) is 6.92. The van der Waals surface area contributed by atoms with Gasteiger partial charge in [-0.15, -0.1) is 0 Å². The van der Waals surface area contributed by atoms with Crippen LogP contribution in [0.2, 0.25) is 0 Å². The number of carbonyl (C=O) groups is 1. The lowest BCUT2D eigenvalue weighted by Gasteiger charge is -2.34. The molecule has 2 amide bonds. The highest BCUT2D eigenvalue weighted by atomic mass is 16.2. The van der Waals surface area contributed by atoms with Crippen molar-refractivity contribution < 1.29 is 4.79 Å². The van der Waals surface area contributed by atoms with Crippen LogP contribution in [0.3, 0.4) is 0 Å². The van der Waals surface area contributed by atoms with Crippen LogP contribution in [0.15, 0.2) is 42.9 Å². The Morgan fingerprint density at radius 1 is 1.03 bits per heavy atom. The molecular weight excluding hydrogens is 414 g/mol. The Labute approximate surface area is 194 Å². The monoisotopic (exact) mass is 447 g/mol. The van der Waals surface area contributed by atoms with Crippen molar-refractivity contribution in [2.45, 2.75) is 57.4 Å².